The van der Waals surface area contributed by atoms with Crippen molar-refractivity contribution in [2.24, 2.45) is 0 Å². The van der Waals surface area contributed by atoms with Gasteiger partial charge in [0, 0.05) is 23.9 Å². The predicted molar refractivity (Wildman–Crippen MR) is 99.7 cm³/mol. The van der Waals surface area contributed by atoms with E-state index in [1.165, 1.54) is 16.6 Å². The lowest BCUT2D eigenvalue weighted by Crippen LogP contribution is -2.30. The zero-order valence-corrected chi connectivity index (χ0v) is 15.0. The summed E-state index contributed by atoms with van der Waals surface area (Å²) in [7, 11) is 0. The van der Waals surface area contributed by atoms with E-state index < -0.39 is 0 Å². The van der Waals surface area contributed by atoms with Crippen molar-refractivity contribution in [3.63, 3.8) is 0 Å². The minimum absolute atomic E-state index is 0.247. The molecule has 3 aromatic rings. The molecule has 0 unspecified atom stereocenters. The number of nitrogens with one attached hydrogen (secondary N) is 1. The maximum Gasteiger partial charge on any atom is 0.293 e. The zero-order valence-electron chi connectivity index (χ0n) is 14.1. The number of amides is 1. The second kappa shape index (κ2) is 6.25. The Labute approximate surface area is 154 Å². The van der Waals surface area contributed by atoms with Gasteiger partial charge in [-0.1, -0.05) is 0 Å². The highest BCUT2D eigenvalue weighted by atomic mass is 32.1. The molecule has 0 spiro atoms. The van der Waals surface area contributed by atoms with E-state index in [1.54, 1.807) is 6.20 Å². The average molecular weight is 366 g/mol. The molecule has 0 saturated heterocycles. The van der Waals surface area contributed by atoms with Gasteiger partial charge in [-0.3, -0.25) is 4.79 Å². The third-order valence-electron chi connectivity index (χ3n) is 4.81. The predicted octanol–water partition coefficient (Wildman–Crippen LogP) is 3.82. The molecule has 5 rings (SSSR count). The van der Waals surface area contributed by atoms with Gasteiger partial charge in [0.05, 0.1) is 18.1 Å². The Morgan fingerprint density at radius 2 is 2.15 bits per heavy atom. The van der Waals surface area contributed by atoms with Crippen molar-refractivity contribution in [1.29, 1.82) is 0 Å². The highest BCUT2D eigenvalue weighted by Crippen LogP contribution is 2.39. The Bertz CT molecular complexity index is 943. The first-order valence-electron chi connectivity index (χ1n) is 8.79. The fourth-order valence-corrected chi connectivity index (χ4v) is 4.09. The fraction of sp³-hybridized carbons (Fsp3) is 0.316. The van der Waals surface area contributed by atoms with Crippen LogP contribution in [-0.2, 0) is 13.0 Å². The Morgan fingerprint density at radius 1 is 1.23 bits per heavy atom. The van der Waals surface area contributed by atoms with Gasteiger partial charge in [0.2, 0.25) is 5.76 Å². The molecule has 1 N–H and O–H groups in total. The van der Waals surface area contributed by atoms with Gasteiger partial charge in [0.1, 0.15) is 5.82 Å². The van der Waals surface area contributed by atoms with Crippen molar-refractivity contribution in [3.8, 4) is 0 Å². The van der Waals surface area contributed by atoms with Gasteiger partial charge >= 0.3 is 0 Å². The topological polar surface area (TPSA) is 71.3 Å². The van der Waals surface area contributed by atoms with E-state index in [9.17, 15) is 4.79 Å². The Kier molecular flexibility index (Phi) is 3.74. The Balaban J connectivity index is 1.25. The number of carbonyl (C=O) groups excluding carboxylic acids is 1. The van der Waals surface area contributed by atoms with Crippen molar-refractivity contribution in [3.05, 3.63) is 58.1 Å². The standard InChI is InChI=1S/C19H18N4O2S/c24-18(15-10-21-19(25-15)12-1-2-12)22-14-3-4-17(20-9-14)23-7-5-16-13(11-23)6-8-26-16/h3-4,6,8-10,12H,1-2,5,7,11H2,(H,22,24). The summed E-state index contributed by atoms with van der Waals surface area (Å²) in [6, 6.07) is 6.01. The average Bonchev–Trinajstić information content (AvgIpc) is 3.20. The van der Waals surface area contributed by atoms with Crippen molar-refractivity contribution in [2.75, 3.05) is 16.8 Å². The minimum atomic E-state index is -0.292. The van der Waals surface area contributed by atoms with Crippen molar-refractivity contribution >= 4 is 28.7 Å². The summed E-state index contributed by atoms with van der Waals surface area (Å²) in [5, 5.41) is 4.97. The number of nitrogens with zero attached hydrogens (tertiary/aromatic N) is 3. The summed E-state index contributed by atoms with van der Waals surface area (Å²) >= 11 is 1.83. The summed E-state index contributed by atoms with van der Waals surface area (Å²) in [4.78, 5) is 24.7. The minimum Gasteiger partial charge on any atom is -0.435 e. The van der Waals surface area contributed by atoms with E-state index in [4.69, 9.17) is 4.42 Å². The van der Waals surface area contributed by atoms with Crippen LogP contribution >= 0.6 is 11.3 Å². The lowest BCUT2D eigenvalue weighted by Gasteiger charge is -2.28. The molecule has 2 aliphatic rings. The molecule has 132 valence electrons. The van der Waals surface area contributed by atoms with Crippen molar-refractivity contribution in [2.45, 2.75) is 31.7 Å². The number of fused-ring (bicyclic) bond motifs is 1. The van der Waals surface area contributed by atoms with Gasteiger partial charge < -0.3 is 14.6 Å². The van der Waals surface area contributed by atoms with Gasteiger partial charge in [0.25, 0.3) is 5.91 Å². The monoisotopic (exact) mass is 366 g/mol. The van der Waals surface area contributed by atoms with E-state index in [-0.39, 0.29) is 11.7 Å². The van der Waals surface area contributed by atoms with Crippen LogP contribution in [0.5, 0.6) is 0 Å². The largest absolute Gasteiger partial charge is 0.435 e. The first-order valence-corrected chi connectivity index (χ1v) is 9.67. The summed E-state index contributed by atoms with van der Waals surface area (Å²) < 4.78 is 5.54. The summed E-state index contributed by atoms with van der Waals surface area (Å²) in [6.07, 6.45) is 6.43. The number of aromatic nitrogens is 2. The van der Waals surface area contributed by atoms with Gasteiger partial charge in [-0.05, 0) is 48.4 Å². The summed E-state index contributed by atoms with van der Waals surface area (Å²) in [6.45, 7) is 1.85. The molecule has 1 aliphatic carbocycles. The fourth-order valence-electron chi connectivity index (χ4n) is 3.20. The van der Waals surface area contributed by atoms with Crippen LogP contribution in [0.15, 0.2) is 40.4 Å². The molecule has 4 heterocycles. The normalized spacial score (nSPS) is 16.4. The van der Waals surface area contributed by atoms with Gasteiger partial charge in [-0.15, -0.1) is 11.3 Å². The first-order chi connectivity index (χ1) is 12.8. The van der Waals surface area contributed by atoms with E-state index in [0.717, 1.165) is 38.2 Å². The SMILES string of the molecule is O=C(Nc1ccc(N2CCc3sccc3C2)nc1)c1cnc(C2CC2)o1. The quantitative estimate of drug-likeness (QED) is 0.760. The summed E-state index contributed by atoms with van der Waals surface area (Å²) in [5.41, 5.74) is 2.04. The van der Waals surface area contributed by atoms with Crippen LogP contribution in [-0.4, -0.2) is 22.4 Å². The molecule has 0 atom stereocenters. The number of anilines is 2. The number of carbonyl (C=O) groups is 1. The Morgan fingerprint density at radius 3 is 2.96 bits per heavy atom. The van der Waals surface area contributed by atoms with Gasteiger partial charge in [-0.25, -0.2) is 9.97 Å². The molecule has 7 heteroatoms. The third kappa shape index (κ3) is 2.99. The second-order valence-corrected chi connectivity index (χ2v) is 7.74. The molecule has 3 aromatic heterocycles. The zero-order chi connectivity index (χ0) is 17.5. The Hall–Kier alpha value is -2.67. The van der Waals surface area contributed by atoms with Gasteiger partial charge in [0.15, 0.2) is 5.89 Å². The number of oxazole rings is 1. The number of hydrogen-bond donors (Lipinski definition) is 1. The maximum absolute atomic E-state index is 12.3. The number of hydrogen-bond acceptors (Lipinski definition) is 6. The van der Waals surface area contributed by atoms with Crippen molar-refractivity contribution < 1.29 is 9.21 Å². The molecule has 26 heavy (non-hydrogen) atoms. The molecular weight excluding hydrogens is 348 g/mol. The van der Waals surface area contributed by atoms with Crippen LogP contribution < -0.4 is 10.2 Å². The smallest absolute Gasteiger partial charge is 0.293 e. The van der Waals surface area contributed by atoms with Crippen LogP contribution in [0.1, 0.15) is 45.6 Å². The number of pyridine rings is 1. The number of rotatable bonds is 4. The lowest BCUT2D eigenvalue weighted by molar-refractivity contribution is 0.0995. The van der Waals surface area contributed by atoms with E-state index >= 15 is 0 Å². The van der Waals surface area contributed by atoms with Crippen LogP contribution in [0.4, 0.5) is 11.5 Å². The van der Waals surface area contributed by atoms with Crippen molar-refractivity contribution in [1.82, 2.24) is 9.97 Å². The molecule has 0 aromatic carbocycles. The molecule has 1 fully saturated rings. The van der Waals surface area contributed by atoms with Crippen LogP contribution in [0.25, 0.3) is 0 Å². The van der Waals surface area contributed by atoms with Gasteiger partial charge in [-0.2, -0.15) is 0 Å². The van der Waals surface area contributed by atoms with Crippen LogP contribution in [0.3, 0.4) is 0 Å². The molecule has 0 radical (unpaired) electrons. The van der Waals surface area contributed by atoms with Crippen LogP contribution in [0.2, 0.25) is 0 Å². The molecule has 0 bridgehead atoms. The molecule has 1 amide bonds. The highest BCUT2D eigenvalue weighted by molar-refractivity contribution is 7.10. The maximum atomic E-state index is 12.3. The number of thiophene rings is 1. The third-order valence-corrected chi connectivity index (χ3v) is 5.83. The highest BCUT2D eigenvalue weighted by Gasteiger charge is 2.29. The molecule has 6 nitrogen and oxygen atoms in total. The first kappa shape index (κ1) is 15.6. The molecular formula is C19H18N4O2S. The second-order valence-electron chi connectivity index (χ2n) is 6.74. The lowest BCUT2D eigenvalue weighted by atomic mass is 10.1. The van der Waals surface area contributed by atoms with E-state index in [0.29, 0.717) is 17.5 Å². The molecule has 1 aliphatic heterocycles. The molecule has 1 saturated carbocycles. The van der Waals surface area contributed by atoms with Crippen LogP contribution in [0, 0.1) is 0 Å². The summed E-state index contributed by atoms with van der Waals surface area (Å²) in [5.74, 6) is 1.94. The van der Waals surface area contributed by atoms with E-state index in [2.05, 4.69) is 31.6 Å². The van der Waals surface area contributed by atoms with E-state index in [1.807, 2.05) is 23.5 Å².